The van der Waals surface area contributed by atoms with Gasteiger partial charge in [0, 0.05) is 13.2 Å². The van der Waals surface area contributed by atoms with Crippen molar-refractivity contribution >= 4 is 21.8 Å². The van der Waals surface area contributed by atoms with Crippen molar-refractivity contribution in [3.05, 3.63) is 0 Å². The van der Waals surface area contributed by atoms with Crippen LogP contribution in [-0.4, -0.2) is 31.0 Å². The van der Waals surface area contributed by atoms with E-state index >= 15 is 0 Å². The highest BCUT2D eigenvalue weighted by Crippen LogP contribution is 1.84. The minimum atomic E-state index is -0.00968. The van der Waals surface area contributed by atoms with Gasteiger partial charge in [0.25, 0.3) is 0 Å². The molecular formula is C6H12BrNO2. The lowest BCUT2D eigenvalue weighted by Gasteiger charge is -2.10. The summed E-state index contributed by atoms with van der Waals surface area (Å²) in [5.41, 5.74) is 0. The molecule has 1 atom stereocenters. The van der Waals surface area contributed by atoms with E-state index in [4.69, 9.17) is 4.74 Å². The van der Waals surface area contributed by atoms with Gasteiger partial charge < -0.3 is 10.1 Å². The van der Waals surface area contributed by atoms with Gasteiger partial charge in [-0.1, -0.05) is 15.9 Å². The zero-order valence-corrected chi connectivity index (χ0v) is 7.77. The minimum absolute atomic E-state index is 0.00968. The van der Waals surface area contributed by atoms with Crippen molar-refractivity contribution < 1.29 is 9.53 Å². The number of ether oxygens (including phenoxy) is 1. The van der Waals surface area contributed by atoms with Crippen LogP contribution in [0.3, 0.4) is 0 Å². The van der Waals surface area contributed by atoms with E-state index in [0.29, 0.717) is 11.9 Å². The fourth-order valence-corrected chi connectivity index (χ4v) is 0.767. The monoisotopic (exact) mass is 209 g/mol. The number of alkyl halides is 1. The maximum atomic E-state index is 10.7. The Kier molecular flexibility index (Phi) is 5.63. The predicted molar refractivity (Wildman–Crippen MR) is 43.3 cm³/mol. The molecule has 0 rings (SSSR count). The van der Waals surface area contributed by atoms with E-state index in [1.165, 1.54) is 0 Å². The maximum absolute atomic E-state index is 10.7. The highest BCUT2D eigenvalue weighted by Gasteiger charge is 2.03. The van der Waals surface area contributed by atoms with Crippen molar-refractivity contribution in [2.75, 3.05) is 19.0 Å². The zero-order chi connectivity index (χ0) is 7.98. The topological polar surface area (TPSA) is 38.3 Å². The highest BCUT2D eigenvalue weighted by atomic mass is 79.9. The number of hydrogen-bond acceptors (Lipinski definition) is 2. The van der Waals surface area contributed by atoms with Gasteiger partial charge >= 0.3 is 0 Å². The molecule has 0 radical (unpaired) electrons. The van der Waals surface area contributed by atoms with Crippen LogP contribution in [0, 0.1) is 0 Å². The molecule has 60 valence electrons. The summed E-state index contributed by atoms with van der Waals surface area (Å²) in [6.07, 6.45) is 0. The second kappa shape index (κ2) is 5.68. The van der Waals surface area contributed by atoms with Gasteiger partial charge in [0.1, 0.15) is 0 Å². The Labute approximate surface area is 69.3 Å². The molecule has 0 bridgehead atoms. The average Bonchev–Trinajstić information content (AvgIpc) is 1.88. The molecule has 0 saturated carbocycles. The van der Waals surface area contributed by atoms with Crippen LogP contribution in [0.4, 0.5) is 0 Å². The number of methoxy groups -OCH3 is 1. The van der Waals surface area contributed by atoms with Gasteiger partial charge in [-0.15, -0.1) is 0 Å². The molecule has 0 aliphatic heterocycles. The fourth-order valence-electron chi connectivity index (χ4n) is 0.605. The van der Waals surface area contributed by atoms with E-state index < -0.39 is 0 Å². The number of carbonyl (C=O) groups is 1. The minimum Gasteiger partial charge on any atom is -0.383 e. The molecular weight excluding hydrogens is 198 g/mol. The van der Waals surface area contributed by atoms with Crippen LogP contribution in [-0.2, 0) is 9.53 Å². The van der Waals surface area contributed by atoms with Crippen LogP contribution in [0.1, 0.15) is 6.92 Å². The molecule has 0 fully saturated rings. The van der Waals surface area contributed by atoms with Gasteiger partial charge in [-0.05, 0) is 6.92 Å². The molecule has 0 heterocycles. The van der Waals surface area contributed by atoms with E-state index in [1.54, 1.807) is 7.11 Å². The second-order valence-electron chi connectivity index (χ2n) is 2.06. The molecule has 0 unspecified atom stereocenters. The Morgan fingerprint density at radius 1 is 1.80 bits per heavy atom. The van der Waals surface area contributed by atoms with E-state index in [1.807, 2.05) is 6.92 Å². The largest absolute Gasteiger partial charge is 0.383 e. The van der Waals surface area contributed by atoms with Gasteiger partial charge in [0.05, 0.1) is 11.9 Å². The van der Waals surface area contributed by atoms with Gasteiger partial charge in [-0.3, -0.25) is 4.79 Å². The van der Waals surface area contributed by atoms with E-state index in [2.05, 4.69) is 21.2 Å². The van der Waals surface area contributed by atoms with Crippen molar-refractivity contribution in [2.24, 2.45) is 0 Å². The molecule has 3 nitrogen and oxygen atoms in total. The smallest absolute Gasteiger partial charge is 0.230 e. The molecule has 0 aliphatic rings. The Balaban J connectivity index is 3.37. The summed E-state index contributed by atoms with van der Waals surface area (Å²) in [7, 11) is 1.61. The van der Waals surface area contributed by atoms with Crippen molar-refractivity contribution in [2.45, 2.75) is 13.0 Å². The number of rotatable bonds is 4. The highest BCUT2D eigenvalue weighted by molar-refractivity contribution is 9.09. The molecule has 1 amide bonds. The summed E-state index contributed by atoms with van der Waals surface area (Å²) in [6, 6.07) is 0.0926. The SMILES string of the molecule is COC[C@H](C)NC(=O)CBr. The third kappa shape index (κ3) is 4.76. The molecule has 4 heteroatoms. The first-order valence-electron chi connectivity index (χ1n) is 3.05. The van der Waals surface area contributed by atoms with Crippen molar-refractivity contribution in [3.8, 4) is 0 Å². The van der Waals surface area contributed by atoms with Crippen LogP contribution in [0.2, 0.25) is 0 Å². The summed E-state index contributed by atoms with van der Waals surface area (Å²) < 4.78 is 4.82. The van der Waals surface area contributed by atoms with Crippen LogP contribution >= 0.6 is 15.9 Å². The quantitative estimate of drug-likeness (QED) is 0.687. The first-order chi connectivity index (χ1) is 4.70. The van der Waals surface area contributed by atoms with E-state index in [0.717, 1.165) is 0 Å². The summed E-state index contributed by atoms with van der Waals surface area (Å²) in [5, 5.41) is 3.07. The van der Waals surface area contributed by atoms with Gasteiger partial charge in [0.15, 0.2) is 0 Å². The lowest BCUT2D eigenvalue weighted by atomic mass is 10.3. The second-order valence-corrected chi connectivity index (χ2v) is 2.62. The van der Waals surface area contributed by atoms with Crippen molar-refractivity contribution in [1.82, 2.24) is 5.32 Å². The molecule has 0 saturated heterocycles. The Bertz CT molecular complexity index is 108. The average molecular weight is 210 g/mol. The Morgan fingerprint density at radius 3 is 2.80 bits per heavy atom. The van der Waals surface area contributed by atoms with Gasteiger partial charge in [0.2, 0.25) is 5.91 Å². The Morgan fingerprint density at radius 2 is 2.40 bits per heavy atom. The molecule has 0 spiro atoms. The van der Waals surface area contributed by atoms with Crippen molar-refractivity contribution in [1.29, 1.82) is 0 Å². The molecule has 1 N–H and O–H groups in total. The van der Waals surface area contributed by atoms with Crippen LogP contribution in [0.25, 0.3) is 0 Å². The van der Waals surface area contributed by atoms with Gasteiger partial charge in [-0.2, -0.15) is 0 Å². The Hall–Kier alpha value is -0.0900. The number of hydrogen-bond donors (Lipinski definition) is 1. The summed E-state index contributed by atoms with van der Waals surface area (Å²) in [6.45, 7) is 2.45. The lowest BCUT2D eigenvalue weighted by Crippen LogP contribution is -2.36. The first kappa shape index (κ1) is 9.91. The number of nitrogens with one attached hydrogen (secondary N) is 1. The summed E-state index contributed by atoms with van der Waals surface area (Å²) >= 11 is 3.04. The molecule has 0 aromatic rings. The van der Waals surface area contributed by atoms with Crippen LogP contribution in [0.5, 0.6) is 0 Å². The van der Waals surface area contributed by atoms with Crippen molar-refractivity contribution in [3.63, 3.8) is 0 Å². The van der Waals surface area contributed by atoms with Crippen LogP contribution in [0.15, 0.2) is 0 Å². The maximum Gasteiger partial charge on any atom is 0.230 e. The molecule has 0 aromatic carbocycles. The molecule has 0 aromatic heterocycles. The number of halogens is 1. The third-order valence-corrected chi connectivity index (χ3v) is 1.45. The first-order valence-corrected chi connectivity index (χ1v) is 4.17. The predicted octanol–water partition coefficient (Wildman–Crippen LogP) is 0.532. The number of carbonyl (C=O) groups excluding carboxylic acids is 1. The molecule has 10 heavy (non-hydrogen) atoms. The van der Waals surface area contributed by atoms with E-state index in [9.17, 15) is 4.79 Å². The standard InChI is InChI=1S/C6H12BrNO2/c1-5(4-10-2)8-6(9)3-7/h5H,3-4H2,1-2H3,(H,8,9)/t5-/m0/s1. The van der Waals surface area contributed by atoms with E-state index in [-0.39, 0.29) is 11.9 Å². The summed E-state index contributed by atoms with van der Waals surface area (Å²) in [4.78, 5) is 10.7. The number of amides is 1. The molecule has 0 aliphatic carbocycles. The van der Waals surface area contributed by atoms with Crippen LogP contribution < -0.4 is 5.32 Å². The summed E-state index contributed by atoms with van der Waals surface area (Å²) in [5.74, 6) is -0.00968. The fraction of sp³-hybridized carbons (Fsp3) is 0.833. The zero-order valence-electron chi connectivity index (χ0n) is 6.19. The lowest BCUT2D eigenvalue weighted by molar-refractivity contribution is -0.119. The third-order valence-electron chi connectivity index (χ3n) is 0.945. The van der Waals surface area contributed by atoms with Gasteiger partial charge in [-0.25, -0.2) is 0 Å². The normalized spacial score (nSPS) is 12.7.